The molecule has 4 heterocycles. The van der Waals surface area contributed by atoms with E-state index in [0.717, 1.165) is 47.7 Å². The summed E-state index contributed by atoms with van der Waals surface area (Å²) >= 11 is 0. The smallest absolute Gasteiger partial charge is 0.410 e. The van der Waals surface area contributed by atoms with Gasteiger partial charge in [-0.3, -0.25) is 0 Å². The lowest BCUT2D eigenvalue weighted by molar-refractivity contribution is 0.0205. The van der Waals surface area contributed by atoms with E-state index >= 15 is 0 Å². The molecule has 0 N–H and O–H groups in total. The van der Waals surface area contributed by atoms with Gasteiger partial charge in [0.15, 0.2) is 5.82 Å². The van der Waals surface area contributed by atoms with Crippen molar-refractivity contribution in [3.63, 3.8) is 0 Å². The molecule has 1 amide bonds. The maximum Gasteiger partial charge on any atom is 0.410 e. The Labute approximate surface area is 218 Å². The molecule has 0 radical (unpaired) electrons. The Hall–Kier alpha value is -3.20. The van der Waals surface area contributed by atoms with Gasteiger partial charge < -0.3 is 19.3 Å². The predicted octanol–water partition coefficient (Wildman–Crippen LogP) is 4.77. The topological polar surface area (TPSA) is 85.6 Å². The van der Waals surface area contributed by atoms with Gasteiger partial charge in [-0.1, -0.05) is 0 Å². The molecular formula is C28H38N6O3. The number of likely N-dealkylation sites (tertiary alicyclic amines) is 1. The third-order valence-corrected chi connectivity index (χ3v) is 7.23. The number of piperidine rings is 1. The fourth-order valence-electron chi connectivity index (χ4n) is 5.39. The summed E-state index contributed by atoms with van der Waals surface area (Å²) < 4.78 is 13.1. The number of carbonyl (C=O) groups excluding carboxylic acids is 1. The maximum atomic E-state index is 12.5. The molecule has 0 aliphatic carbocycles. The molecule has 198 valence electrons. The van der Waals surface area contributed by atoms with Crippen LogP contribution in [0, 0.1) is 13.8 Å². The molecule has 37 heavy (non-hydrogen) atoms. The number of carbonyl (C=O) groups is 1. The molecule has 2 fully saturated rings. The molecule has 2 saturated heterocycles. The van der Waals surface area contributed by atoms with Crippen LogP contribution in [0.3, 0.4) is 0 Å². The summed E-state index contributed by atoms with van der Waals surface area (Å²) in [6, 6.07) is 6.76. The second-order valence-corrected chi connectivity index (χ2v) is 11.3. The van der Waals surface area contributed by atoms with Crippen LogP contribution in [0.4, 0.5) is 10.6 Å². The zero-order chi connectivity index (χ0) is 26.3. The average molecular weight is 507 g/mol. The van der Waals surface area contributed by atoms with E-state index in [1.807, 2.05) is 49.5 Å². The minimum Gasteiger partial charge on any atom is -0.444 e. The molecule has 2 aromatic heterocycles. The van der Waals surface area contributed by atoms with Gasteiger partial charge in [0, 0.05) is 31.1 Å². The molecule has 2 aliphatic rings. The van der Waals surface area contributed by atoms with E-state index < -0.39 is 5.60 Å². The van der Waals surface area contributed by atoms with Crippen molar-refractivity contribution in [1.29, 1.82) is 0 Å². The number of ether oxygens (including phenoxy) is 2. The molecule has 0 saturated carbocycles. The van der Waals surface area contributed by atoms with Crippen LogP contribution in [0.15, 0.2) is 24.4 Å². The van der Waals surface area contributed by atoms with E-state index in [9.17, 15) is 4.79 Å². The third kappa shape index (κ3) is 5.42. The largest absolute Gasteiger partial charge is 0.444 e. The number of anilines is 1. The van der Waals surface area contributed by atoms with Crippen molar-refractivity contribution < 1.29 is 14.3 Å². The van der Waals surface area contributed by atoms with E-state index in [-0.39, 0.29) is 12.1 Å². The van der Waals surface area contributed by atoms with Crippen molar-refractivity contribution in [3.8, 4) is 5.82 Å². The molecular weight excluding hydrogens is 468 g/mol. The summed E-state index contributed by atoms with van der Waals surface area (Å²) in [6.07, 6.45) is 3.50. The summed E-state index contributed by atoms with van der Waals surface area (Å²) in [5.74, 6) is 2.77. The number of benzene rings is 1. The summed E-state index contributed by atoms with van der Waals surface area (Å²) in [5, 5.41) is 5.81. The minimum absolute atomic E-state index is 0.222. The van der Waals surface area contributed by atoms with E-state index in [0.29, 0.717) is 32.2 Å². The van der Waals surface area contributed by atoms with Gasteiger partial charge in [-0.2, -0.15) is 5.10 Å². The Morgan fingerprint density at radius 3 is 2.49 bits per heavy atom. The molecule has 1 aromatic carbocycles. The van der Waals surface area contributed by atoms with E-state index in [4.69, 9.17) is 24.5 Å². The SMILES string of the molecule is Cc1nc(N2CCOC[C@H]2C)cc(-n2ncc3cc(C)c(C4CCN(C(=O)OC(C)(C)C)CC4)cc32)n1. The minimum atomic E-state index is -0.479. The number of morpholine rings is 1. The summed E-state index contributed by atoms with van der Waals surface area (Å²) in [4.78, 5) is 26.1. The number of hydrogen-bond donors (Lipinski definition) is 0. The van der Waals surface area contributed by atoms with Crippen LogP contribution >= 0.6 is 0 Å². The molecule has 2 aliphatic heterocycles. The third-order valence-electron chi connectivity index (χ3n) is 7.23. The second kappa shape index (κ2) is 9.93. The summed E-state index contributed by atoms with van der Waals surface area (Å²) in [6.45, 7) is 15.6. The molecule has 0 spiro atoms. The fourth-order valence-corrected chi connectivity index (χ4v) is 5.39. The Morgan fingerprint density at radius 1 is 1.05 bits per heavy atom. The van der Waals surface area contributed by atoms with Gasteiger partial charge in [0.25, 0.3) is 0 Å². The van der Waals surface area contributed by atoms with Crippen LogP contribution in [0.1, 0.15) is 63.4 Å². The summed E-state index contributed by atoms with van der Waals surface area (Å²) in [5.41, 5.74) is 3.12. The molecule has 5 rings (SSSR count). The lowest BCUT2D eigenvalue weighted by Crippen LogP contribution is -2.44. The van der Waals surface area contributed by atoms with Gasteiger partial charge >= 0.3 is 6.09 Å². The Balaban J connectivity index is 1.41. The van der Waals surface area contributed by atoms with Crippen molar-refractivity contribution in [1.82, 2.24) is 24.6 Å². The summed E-state index contributed by atoms with van der Waals surface area (Å²) in [7, 11) is 0. The van der Waals surface area contributed by atoms with Crippen molar-refractivity contribution >= 4 is 22.8 Å². The Morgan fingerprint density at radius 2 is 1.78 bits per heavy atom. The quantitative estimate of drug-likeness (QED) is 0.506. The number of fused-ring (bicyclic) bond motifs is 1. The van der Waals surface area contributed by atoms with Gasteiger partial charge in [-0.05, 0) is 83.6 Å². The number of aryl methyl sites for hydroxylation is 2. The highest BCUT2D eigenvalue weighted by Gasteiger charge is 2.29. The standard InChI is InChI=1S/C28H38N6O3/c1-18-13-22-16-29-34(26-15-25(30-20(3)31-26)33-11-12-36-17-19(33)2)24(22)14-23(18)21-7-9-32(10-8-21)27(35)37-28(4,5)6/h13-16,19,21H,7-12,17H2,1-6H3/t19-/m1/s1. The number of aromatic nitrogens is 4. The second-order valence-electron chi connectivity index (χ2n) is 11.3. The Bertz CT molecular complexity index is 1290. The maximum absolute atomic E-state index is 12.5. The van der Waals surface area contributed by atoms with Crippen LogP contribution in [-0.2, 0) is 9.47 Å². The highest BCUT2D eigenvalue weighted by atomic mass is 16.6. The molecule has 0 unspecified atom stereocenters. The van der Waals surface area contributed by atoms with Gasteiger partial charge in [-0.15, -0.1) is 0 Å². The highest BCUT2D eigenvalue weighted by Crippen LogP contribution is 2.34. The first kappa shape index (κ1) is 25.4. The van der Waals surface area contributed by atoms with Gasteiger partial charge in [0.2, 0.25) is 0 Å². The van der Waals surface area contributed by atoms with Crippen molar-refractivity contribution in [2.75, 3.05) is 37.7 Å². The first-order valence-corrected chi connectivity index (χ1v) is 13.3. The average Bonchev–Trinajstić information content (AvgIpc) is 3.25. The number of rotatable bonds is 3. The van der Waals surface area contributed by atoms with E-state index in [1.54, 1.807) is 0 Å². The van der Waals surface area contributed by atoms with Gasteiger partial charge in [0.1, 0.15) is 17.2 Å². The van der Waals surface area contributed by atoms with Crippen LogP contribution in [0.2, 0.25) is 0 Å². The van der Waals surface area contributed by atoms with Gasteiger partial charge in [-0.25, -0.2) is 19.4 Å². The number of nitrogens with zero attached hydrogens (tertiary/aromatic N) is 6. The molecule has 9 heteroatoms. The predicted molar refractivity (Wildman–Crippen MR) is 144 cm³/mol. The van der Waals surface area contributed by atoms with Crippen LogP contribution in [-0.4, -0.2) is 75.2 Å². The first-order chi connectivity index (χ1) is 17.6. The molecule has 9 nitrogen and oxygen atoms in total. The zero-order valence-corrected chi connectivity index (χ0v) is 22.8. The number of amides is 1. The van der Waals surface area contributed by atoms with E-state index in [1.165, 1.54) is 11.1 Å². The monoisotopic (exact) mass is 506 g/mol. The molecule has 3 aromatic rings. The molecule has 1 atom stereocenters. The fraction of sp³-hybridized carbons (Fsp3) is 0.571. The van der Waals surface area contributed by atoms with E-state index in [2.05, 4.69) is 30.9 Å². The lowest BCUT2D eigenvalue weighted by atomic mass is 9.86. The van der Waals surface area contributed by atoms with Crippen molar-refractivity contribution in [3.05, 3.63) is 41.3 Å². The zero-order valence-electron chi connectivity index (χ0n) is 22.8. The first-order valence-electron chi connectivity index (χ1n) is 13.3. The van der Waals surface area contributed by atoms with Crippen LogP contribution in [0.25, 0.3) is 16.7 Å². The number of hydrogen-bond acceptors (Lipinski definition) is 7. The van der Waals surface area contributed by atoms with Gasteiger partial charge in [0.05, 0.1) is 31.0 Å². The van der Waals surface area contributed by atoms with Crippen molar-refractivity contribution in [2.45, 2.75) is 71.9 Å². The highest BCUT2D eigenvalue weighted by molar-refractivity contribution is 5.82. The normalized spacial score (nSPS) is 19.5. The van der Waals surface area contributed by atoms with Crippen LogP contribution in [0.5, 0.6) is 0 Å². The van der Waals surface area contributed by atoms with Crippen molar-refractivity contribution in [2.24, 2.45) is 0 Å². The Kier molecular flexibility index (Phi) is 6.83. The molecule has 0 bridgehead atoms. The lowest BCUT2D eigenvalue weighted by Gasteiger charge is -2.34. The van der Waals surface area contributed by atoms with Crippen LogP contribution < -0.4 is 4.90 Å².